The van der Waals surface area contributed by atoms with Gasteiger partial charge in [0.05, 0.1) is 11.4 Å². The number of aryl methyl sites for hydroxylation is 3. The van der Waals surface area contributed by atoms with Gasteiger partial charge in [-0.05, 0) is 44.5 Å². The first-order valence-corrected chi connectivity index (χ1v) is 7.12. The molecule has 3 aromatic rings. The number of rotatable bonds is 3. The monoisotopic (exact) mass is 291 g/mol. The van der Waals surface area contributed by atoms with Crippen LogP contribution in [0.15, 0.2) is 58.8 Å². The number of hydrogen-bond donors (Lipinski definition) is 0. The minimum atomic E-state index is 0.531. The normalized spacial score (nSPS) is 11.2. The Morgan fingerprint density at radius 3 is 2.36 bits per heavy atom. The lowest BCUT2D eigenvalue weighted by molar-refractivity contribution is 0.745. The zero-order chi connectivity index (χ0) is 15.5. The maximum atomic E-state index is 4.39. The molecule has 0 saturated heterocycles. The van der Waals surface area contributed by atoms with Crippen LogP contribution < -0.4 is 0 Å². The highest BCUT2D eigenvalue weighted by molar-refractivity contribution is 5.47. The number of aromatic nitrogens is 3. The van der Waals surface area contributed by atoms with Crippen LogP contribution in [-0.2, 0) is 0 Å². The first-order chi connectivity index (χ1) is 10.6. The Morgan fingerprint density at radius 1 is 0.864 bits per heavy atom. The number of benzene rings is 2. The van der Waals surface area contributed by atoms with Crippen molar-refractivity contribution in [3.63, 3.8) is 0 Å². The molecule has 1 heterocycles. The van der Waals surface area contributed by atoms with Gasteiger partial charge in [-0.25, -0.2) is 0 Å². The lowest BCUT2D eigenvalue weighted by Crippen LogP contribution is -1.97. The molecule has 0 N–H and O–H groups in total. The Balaban J connectivity index is 1.90. The summed E-state index contributed by atoms with van der Waals surface area (Å²) in [6.45, 7) is 5.96. The lowest BCUT2D eigenvalue weighted by atomic mass is 10.1. The van der Waals surface area contributed by atoms with Crippen LogP contribution in [-0.4, -0.2) is 15.0 Å². The standard InChI is InChI=1S/C17H17N5/c1-12-9-10-16(13(2)11-12)18-19-17-14(3)20-22(21-17)15-7-5-4-6-8-15/h4-11H,1-3H3. The molecule has 0 aliphatic rings. The Hall–Kier alpha value is -2.82. The molecule has 0 fully saturated rings. The van der Waals surface area contributed by atoms with Crippen molar-refractivity contribution in [1.29, 1.82) is 0 Å². The third-order valence-electron chi connectivity index (χ3n) is 3.35. The van der Waals surface area contributed by atoms with E-state index in [-0.39, 0.29) is 0 Å². The van der Waals surface area contributed by atoms with Crippen molar-refractivity contribution in [3.8, 4) is 5.69 Å². The molecule has 5 heteroatoms. The van der Waals surface area contributed by atoms with Crippen LogP contribution in [0.2, 0.25) is 0 Å². The fourth-order valence-corrected chi connectivity index (χ4v) is 2.16. The minimum Gasteiger partial charge on any atom is -0.151 e. The van der Waals surface area contributed by atoms with Gasteiger partial charge in [-0.3, -0.25) is 0 Å². The molecule has 0 saturated carbocycles. The average molecular weight is 291 g/mol. The number of para-hydroxylation sites is 1. The van der Waals surface area contributed by atoms with Crippen molar-refractivity contribution < 1.29 is 0 Å². The van der Waals surface area contributed by atoms with Crippen LogP contribution in [0.5, 0.6) is 0 Å². The zero-order valence-corrected chi connectivity index (χ0v) is 12.9. The molecule has 0 atom stereocenters. The first kappa shape index (κ1) is 14.1. The van der Waals surface area contributed by atoms with Crippen LogP contribution in [0, 0.1) is 20.8 Å². The molecule has 3 rings (SSSR count). The molecular formula is C17H17N5. The van der Waals surface area contributed by atoms with Crippen molar-refractivity contribution in [3.05, 3.63) is 65.4 Å². The maximum absolute atomic E-state index is 4.39. The largest absolute Gasteiger partial charge is 0.219 e. The van der Waals surface area contributed by atoms with Gasteiger partial charge in [-0.1, -0.05) is 35.9 Å². The smallest absolute Gasteiger partial charge is 0.151 e. The Morgan fingerprint density at radius 2 is 1.64 bits per heavy atom. The summed E-state index contributed by atoms with van der Waals surface area (Å²) in [5.74, 6) is 0.531. The van der Waals surface area contributed by atoms with Crippen molar-refractivity contribution >= 4 is 11.5 Å². The first-order valence-electron chi connectivity index (χ1n) is 7.12. The highest BCUT2D eigenvalue weighted by Crippen LogP contribution is 2.23. The second-order valence-electron chi connectivity index (χ2n) is 5.22. The van der Waals surface area contributed by atoms with Gasteiger partial charge < -0.3 is 0 Å². The average Bonchev–Trinajstić information content (AvgIpc) is 2.88. The SMILES string of the molecule is Cc1ccc(N=Nc2nn(-c3ccccc3)nc2C)c(C)c1. The van der Waals surface area contributed by atoms with Crippen LogP contribution in [0.3, 0.4) is 0 Å². The van der Waals surface area contributed by atoms with E-state index in [2.05, 4.69) is 33.4 Å². The predicted octanol–water partition coefficient (Wildman–Crippen LogP) is 4.61. The van der Waals surface area contributed by atoms with Gasteiger partial charge in [-0.2, -0.15) is 5.10 Å². The van der Waals surface area contributed by atoms with Gasteiger partial charge in [0.25, 0.3) is 0 Å². The van der Waals surface area contributed by atoms with E-state index >= 15 is 0 Å². The van der Waals surface area contributed by atoms with E-state index in [1.165, 1.54) is 5.56 Å². The van der Waals surface area contributed by atoms with E-state index in [0.717, 1.165) is 22.6 Å². The van der Waals surface area contributed by atoms with Gasteiger partial charge >= 0.3 is 0 Å². The minimum absolute atomic E-state index is 0.531. The summed E-state index contributed by atoms with van der Waals surface area (Å²) >= 11 is 0. The van der Waals surface area contributed by atoms with Gasteiger partial charge in [0, 0.05) is 0 Å². The molecule has 22 heavy (non-hydrogen) atoms. The Labute approximate surface area is 129 Å². The summed E-state index contributed by atoms with van der Waals surface area (Å²) < 4.78 is 0. The van der Waals surface area contributed by atoms with Crippen LogP contribution in [0.1, 0.15) is 16.8 Å². The van der Waals surface area contributed by atoms with Gasteiger partial charge in [0.15, 0.2) is 0 Å². The molecule has 1 aromatic heterocycles. The fourth-order valence-electron chi connectivity index (χ4n) is 2.16. The van der Waals surface area contributed by atoms with E-state index in [9.17, 15) is 0 Å². The van der Waals surface area contributed by atoms with E-state index in [4.69, 9.17) is 0 Å². The molecule has 0 amide bonds. The van der Waals surface area contributed by atoms with E-state index in [0.29, 0.717) is 5.82 Å². The van der Waals surface area contributed by atoms with Crippen LogP contribution in [0.25, 0.3) is 5.69 Å². The fraction of sp³-hybridized carbons (Fsp3) is 0.176. The molecule has 110 valence electrons. The summed E-state index contributed by atoms with van der Waals surface area (Å²) in [4.78, 5) is 1.58. The predicted molar refractivity (Wildman–Crippen MR) is 86.2 cm³/mol. The Bertz CT molecular complexity index is 818. The number of hydrogen-bond acceptors (Lipinski definition) is 4. The van der Waals surface area contributed by atoms with Crippen LogP contribution >= 0.6 is 0 Å². The molecule has 2 aromatic carbocycles. The van der Waals surface area contributed by atoms with Crippen LogP contribution in [0.4, 0.5) is 11.5 Å². The number of azo groups is 1. The molecule has 0 aliphatic heterocycles. The highest BCUT2D eigenvalue weighted by atomic mass is 15.5. The second-order valence-corrected chi connectivity index (χ2v) is 5.22. The summed E-state index contributed by atoms with van der Waals surface area (Å²) in [7, 11) is 0. The molecular weight excluding hydrogens is 274 g/mol. The third-order valence-corrected chi connectivity index (χ3v) is 3.35. The summed E-state index contributed by atoms with van der Waals surface area (Å²) in [6.07, 6.45) is 0. The van der Waals surface area contributed by atoms with Crippen molar-refractivity contribution in [2.24, 2.45) is 10.2 Å². The van der Waals surface area contributed by atoms with Crippen molar-refractivity contribution in [2.75, 3.05) is 0 Å². The number of nitrogens with zero attached hydrogens (tertiary/aromatic N) is 5. The highest BCUT2D eigenvalue weighted by Gasteiger charge is 2.07. The molecule has 0 radical (unpaired) electrons. The van der Waals surface area contributed by atoms with Crippen molar-refractivity contribution in [1.82, 2.24) is 15.0 Å². The molecule has 0 unspecified atom stereocenters. The maximum Gasteiger partial charge on any atom is 0.219 e. The third kappa shape index (κ3) is 2.93. The molecule has 0 bridgehead atoms. The summed E-state index contributed by atoms with van der Waals surface area (Å²) in [6, 6.07) is 15.8. The summed E-state index contributed by atoms with van der Waals surface area (Å²) in [5.41, 5.74) is 4.80. The second kappa shape index (κ2) is 5.89. The van der Waals surface area contributed by atoms with Gasteiger partial charge in [0.2, 0.25) is 5.82 Å². The van der Waals surface area contributed by atoms with Crippen molar-refractivity contribution in [2.45, 2.75) is 20.8 Å². The van der Waals surface area contributed by atoms with Gasteiger partial charge in [-0.15, -0.1) is 20.1 Å². The Kier molecular flexibility index (Phi) is 3.78. The topological polar surface area (TPSA) is 55.4 Å². The molecule has 0 spiro atoms. The quantitative estimate of drug-likeness (QED) is 0.662. The molecule has 5 nitrogen and oxygen atoms in total. The van der Waals surface area contributed by atoms with E-state index in [1.54, 1.807) is 4.80 Å². The summed E-state index contributed by atoms with van der Waals surface area (Å²) in [5, 5.41) is 17.3. The van der Waals surface area contributed by atoms with Gasteiger partial charge in [0.1, 0.15) is 5.69 Å². The lowest BCUT2D eigenvalue weighted by Gasteiger charge is -1.99. The zero-order valence-electron chi connectivity index (χ0n) is 12.9. The van der Waals surface area contributed by atoms with E-state index < -0.39 is 0 Å². The van der Waals surface area contributed by atoms with E-state index in [1.807, 2.05) is 56.3 Å². The molecule has 0 aliphatic carbocycles.